The molecule has 2 aliphatic heterocycles. The second-order valence-corrected chi connectivity index (χ2v) is 6.47. The largest absolute Gasteiger partial charge is 0.343 e. The van der Waals surface area contributed by atoms with Crippen LogP contribution in [0.25, 0.3) is 0 Å². The van der Waals surface area contributed by atoms with Crippen molar-refractivity contribution in [3.63, 3.8) is 0 Å². The second-order valence-electron chi connectivity index (χ2n) is 6.47. The number of hydrogen-bond donors (Lipinski definition) is 1. The lowest BCUT2D eigenvalue weighted by Crippen LogP contribution is -2.49. The standard InChI is InChI=1S/C16H31N3O/c1-14-8-4-2-7-11-19(14)15(13-17)12-16(20)18-9-5-3-6-10-18/h14-15H,2-13,17H2,1H3. The van der Waals surface area contributed by atoms with Crippen LogP contribution in [0.1, 0.15) is 58.3 Å². The number of likely N-dealkylation sites (tertiary alicyclic amines) is 2. The molecule has 0 bridgehead atoms. The predicted octanol–water partition coefficient (Wildman–Crippen LogP) is 1.98. The molecule has 2 rings (SSSR count). The molecule has 116 valence electrons. The number of hydrogen-bond acceptors (Lipinski definition) is 3. The molecule has 2 fully saturated rings. The number of nitrogens with zero attached hydrogens (tertiary/aromatic N) is 2. The Morgan fingerprint density at radius 2 is 1.75 bits per heavy atom. The minimum Gasteiger partial charge on any atom is -0.343 e. The Kier molecular flexibility index (Phi) is 6.30. The topological polar surface area (TPSA) is 49.6 Å². The van der Waals surface area contributed by atoms with Crippen LogP contribution in [0.5, 0.6) is 0 Å². The third-order valence-electron chi connectivity index (χ3n) is 4.96. The van der Waals surface area contributed by atoms with E-state index in [1.165, 1.54) is 44.9 Å². The molecular formula is C16H31N3O. The van der Waals surface area contributed by atoms with Gasteiger partial charge in [-0.2, -0.15) is 0 Å². The zero-order chi connectivity index (χ0) is 14.4. The summed E-state index contributed by atoms with van der Waals surface area (Å²) in [4.78, 5) is 17.0. The summed E-state index contributed by atoms with van der Waals surface area (Å²) in [7, 11) is 0. The first-order valence-electron chi connectivity index (χ1n) is 8.46. The molecule has 0 radical (unpaired) electrons. The summed E-state index contributed by atoms with van der Waals surface area (Å²) < 4.78 is 0. The van der Waals surface area contributed by atoms with Gasteiger partial charge in [-0.05, 0) is 45.6 Å². The highest BCUT2D eigenvalue weighted by atomic mass is 16.2. The van der Waals surface area contributed by atoms with Crippen LogP contribution < -0.4 is 5.73 Å². The average molecular weight is 281 g/mol. The van der Waals surface area contributed by atoms with E-state index in [1.807, 2.05) is 0 Å². The molecule has 2 saturated heterocycles. The van der Waals surface area contributed by atoms with Crippen molar-refractivity contribution >= 4 is 5.91 Å². The normalized spacial score (nSPS) is 27.1. The van der Waals surface area contributed by atoms with Gasteiger partial charge in [0.05, 0.1) is 0 Å². The first kappa shape index (κ1) is 15.8. The van der Waals surface area contributed by atoms with Gasteiger partial charge in [0, 0.05) is 38.1 Å². The molecule has 0 saturated carbocycles. The Balaban J connectivity index is 1.91. The molecule has 0 aromatic heterocycles. The maximum atomic E-state index is 12.4. The number of amides is 1. The van der Waals surface area contributed by atoms with Crippen LogP contribution in [0.2, 0.25) is 0 Å². The van der Waals surface area contributed by atoms with Crippen molar-refractivity contribution in [3.8, 4) is 0 Å². The number of piperidine rings is 1. The third-order valence-corrected chi connectivity index (χ3v) is 4.96. The van der Waals surface area contributed by atoms with Gasteiger partial charge in [-0.15, -0.1) is 0 Å². The summed E-state index contributed by atoms with van der Waals surface area (Å²) >= 11 is 0. The van der Waals surface area contributed by atoms with Crippen LogP contribution in [-0.4, -0.2) is 54.0 Å². The van der Waals surface area contributed by atoms with Gasteiger partial charge in [-0.25, -0.2) is 0 Å². The minimum atomic E-state index is 0.234. The molecule has 4 nitrogen and oxygen atoms in total. The highest BCUT2D eigenvalue weighted by molar-refractivity contribution is 5.77. The quantitative estimate of drug-likeness (QED) is 0.857. The molecule has 0 aromatic rings. The highest BCUT2D eigenvalue weighted by Crippen LogP contribution is 2.21. The summed E-state index contributed by atoms with van der Waals surface area (Å²) in [5.74, 6) is 0.316. The van der Waals surface area contributed by atoms with Crippen molar-refractivity contribution in [1.29, 1.82) is 0 Å². The summed E-state index contributed by atoms with van der Waals surface area (Å²) in [6.07, 6.45) is 9.34. The van der Waals surface area contributed by atoms with Crippen LogP contribution in [0.4, 0.5) is 0 Å². The molecule has 1 amide bonds. The fraction of sp³-hybridized carbons (Fsp3) is 0.938. The Morgan fingerprint density at radius 3 is 2.45 bits per heavy atom. The maximum absolute atomic E-state index is 12.4. The first-order valence-corrected chi connectivity index (χ1v) is 8.46. The van der Waals surface area contributed by atoms with Crippen LogP contribution in [-0.2, 0) is 4.79 Å². The summed E-state index contributed by atoms with van der Waals surface area (Å²) in [5.41, 5.74) is 5.98. The minimum absolute atomic E-state index is 0.234. The molecule has 2 N–H and O–H groups in total. The summed E-state index contributed by atoms with van der Waals surface area (Å²) in [6.45, 7) is 5.90. The lowest BCUT2D eigenvalue weighted by atomic mass is 10.1. The van der Waals surface area contributed by atoms with Gasteiger partial charge in [0.2, 0.25) is 5.91 Å². The van der Waals surface area contributed by atoms with E-state index < -0.39 is 0 Å². The van der Waals surface area contributed by atoms with Gasteiger partial charge in [0.25, 0.3) is 0 Å². The molecule has 0 spiro atoms. The number of rotatable bonds is 4. The van der Waals surface area contributed by atoms with E-state index in [1.54, 1.807) is 0 Å². The van der Waals surface area contributed by atoms with Crippen molar-refractivity contribution in [3.05, 3.63) is 0 Å². The fourth-order valence-corrected chi connectivity index (χ4v) is 3.65. The van der Waals surface area contributed by atoms with Crippen LogP contribution in [0.15, 0.2) is 0 Å². The maximum Gasteiger partial charge on any atom is 0.224 e. The van der Waals surface area contributed by atoms with Gasteiger partial charge < -0.3 is 10.6 Å². The van der Waals surface area contributed by atoms with E-state index in [0.29, 0.717) is 24.9 Å². The van der Waals surface area contributed by atoms with Crippen molar-refractivity contribution < 1.29 is 4.79 Å². The van der Waals surface area contributed by atoms with Gasteiger partial charge in [-0.3, -0.25) is 9.69 Å². The predicted molar refractivity (Wildman–Crippen MR) is 82.5 cm³/mol. The van der Waals surface area contributed by atoms with Crippen LogP contribution >= 0.6 is 0 Å². The molecule has 0 aromatic carbocycles. The molecule has 2 atom stereocenters. The monoisotopic (exact) mass is 281 g/mol. The summed E-state index contributed by atoms with van der Waals surface area (Å²) in [6, 6.07) is 0.803. The molecule has 0 aliphatic carbocycles. The molecule has 2 unspecified atom stereocenters. The van der Waals surface area contributed by atoms with E-state index in [2.05, 4.69) is 16.7 Å². The molecule has 4 heteroatoms. The van der Waals surface area contributed by atoms with Crippen molar-refractivity contribution in [2.75, 3.05) is 26.2 Å². The van der Waals surface area contributed by atoms with Gasteiger partial charge >= 0.3 is 0 Å². The Labute approximate surface area is 123 Å². The number of carbonyl (C=O) groups is 1. The highest BCUT2D eigenvalue weighted by Gasteiger charge is 2.27. The zero-order valence-electron chi connectivity index (χ0n) is 13.0. The third kappa shape index (κ3) is 4.19. The van der Waals surface area contributed by atoms with Crippen molar-refractivity contribution in [2.45, 2.75) is 70.4 Å². The van der Waals surface area contributed by atoms with Gasteiger partial charge in [-0.1, -0.05) is 12.8 Å². The average Bonchev–Trinajstić information content (AvgIpc) is 2.70. The lowest BCUT2D eigenvalue weighted by molar-refractivity contribution is -0.133. The first-order chi connectivity index (χ1) is 9.72. The SMILES string of the molecule is CC1CCCCCN1C(CN)CC(=O)N1CCCCC1. The Hall–Kier alpha value is -0.610. The lowest BCUT2D eigenvalue weighted by Gasteiger charge is -2.36. The van der Waals surface area contributed by atoms with E-state index in [9.17, 15) is 4.79 Å². The van der Waals surface area contributed by atoms with Gasteiger partial charge in [0.15, 0.2) is 0 Å². The molecule has 2 heterocycles. The number of carbonyl (C=O) groups excluding carboxylic acids is 1. The van der Waals surface area contributed by atoms with Gasteiger partial charge in [0.1, 0.15) is 0 Å². The molecular weight excluding hydrogens is 250 g/mol. The van der Waals surface area contributed by atoms with E-state index in [0.717, 1.165) is 19.6 Å². The van der Waals surface area contributed by atoms with Crippen molar-refractivity contribution in [2.24, 2.45) is 5.73 Å². The zero-order valence-corrected chi connectivity index (χ0v) is 13.0. The smallest absolute Gasteiger partial charge is 0.224 e. The Bertz CT molecular complexity index is 302. The van der Waals surface area contributed by atoms with E-state index >= 15 is 0 Å². The number of nitrogens with two attached hydrogens (primary N) is 1. The molecule has 20 heavy (non-hydrogen) atoms. The second kappa shape index (κ2) is 7.99. The summed E-state index contributed by atoms with van der Waals surface area (Å²) in [5, 5.41) is 0. The van der Waals surface area contributed by atoms with Crippen molar-refractivity contribution in [1.82, 2.24) is 9.80 Å². The van der Waals surface area contributed by atoms with E-state index in [4.69, 9.17) is 5.73 Å². The fourth-order valence-electron chi connectivity index (χ4n) is 3.65. The molecule has 2 aliphatic rings. The Morgan fingerprint density at radius 1 is 1.10 bits per heavy atom. The van der Waals surface area contributed by atoms with Crippen LogP contribution in [0, 0.1) is 0 Å². The van der Waals surface area contributed by atoms with Crippen LogP contribution in [0.3, 0.4) is 0 Å². The van der Waals surface area contributed by atoms with E-state index in [-0.39, 0.29) is 6.04 Å².